The number of benzene rings is 1. The lowest BCUT2D eigenvalue weighted by Gasteiger charge is -2.38. The highest BCUT2D eigenvalue weighted by Gasteiger charge is 2.30. The molecule has 2 aliphatic rings. The van der Waals surface area contributed by atoms with Crippen LogP contribution < -0.4 is 15.0 Å². The molecule has 0 spiro atoms. The van der Waals surface area contributed by atoms with Gasteiger partial charge in [0.05, 0.1) is 25.4 Å². The maximum absolute atomic E-state index is 12.6. The number of carbonyl (C=O) groups is 1. The number of para-hydroxylation sites is 2. The van der Waals surface area contributed by atoms with Gasteiger partial charge in [-0.25, -0.2) is 0 Å². The highest BCUT2D eigenvalue weighted by molar-refractivity contribution is 5.79. The van der Waals surface area contributed by atoms with Gasteiger partial charge >= 0.3 is 0 Å². The molecule has 126 valence electrons. The van der Waals surface area contributed by atoms with Crippen molar-refractivity contribution in [1.29, 1.82) is 0 Å². The van der Waals surface area contributed by atoms with Crippen LogP contribution in [-0.2, 0) is 4.79 Å². The first-order valence-electron chi connectivity index (χ1n) is 8.87. The van der Waals surface area contributed by atoms with E-state index in [1.54, 1.807) is 0 Å². The molecule has 0 aromatic heterocycles. The summed E-state index contributed by atoms with van der Waals surface area (Å²) in [5, 5.41) is 2.31. The predicted molar refractivity (Wildman–Crippen MR) is 90.8 cm³/mol. The Labute approximate surface area is 138 Å². The number of ether oxygens (including phenoxy) is 1. The van der Waals surface area contributed by atoms with Crippen molar-refractivity contribution in [3.63, 3.8) is 0 Å². The van der Waals surface area contributed by atoms with E-state index in [0.29, 0.717) is 12.5 Å². The third kappa shape index (κ3) is 3.78. The van der Waals surface area contributed by atoms with E-state index in [-0.39, 0.29) is 5.92 Å². The van der Waals surface area contributed by atoms with Gasteiger partial charge in [-0.1, -0.05) is 12.1 Å². The second kappa shape index (κ2) is 7.68. The Balaban J connectivity index is 1.59. The molecule has 5 heteroatoms. The van der Waals surface area contributed by atoms with Crippen LogP contribution in [0.2, 0.25) is 0 Å². The van der Waals surface area contributed by atoms with Crippen LogP contribution in [0.5, 0.6) is 5.75 Å². The number of nitrogens with two attached hydrogens (primary N) is 1. The molecule has 2 N–H and O–H groups in total. The number of rotatable bonds is 4. The highest BCUT2D eigenvalue weighted by atomic mass is 16.5. The topological polar surface area (TPSA) is 49.4 Å². The maximum atomic E-state index is 12.6. The fourth-order valence-electron chi connectivity index (χ4n) is 3.60. The standard InChI is InChI=1S/C18H27N3O2/c1-2-23-17-6-4-3-5-16(17)20-11-13-21(14-12-20)18(22)15-7-9-19-10-8-15/h3-6,15,19H,2,7-14H2,1H3/p+1. The van der Waals surface area contributed by atoms with Crippen LogP contribution in [0.1, 0.15) is 19.8 Å². The smallest absolute Gasteiger partial charge is 0.226 e. The minimum absolute atomic E-state index is 0.252. The van der Waals surface area contributed by atoms with Crippen LogP contribution >= 0.6 is 0 Å². The summed E-state index contributed by atoms with van der Waals surface area (Å²) in [6, 6.07) is 8.19. The maximum Gasteiger partial charge on any atom is 0.226 e. The summed E-state index contributed by atoms with van der Waals surface area (Å²) in [7, 11) is 0. The third-order valence-electron chi connectivity index (χ3n) is 4.88. The average Bonchev–Trinajstić information content (AvgIpc) is 2.63. The van der Waals surface area contributed by atoms with Gasteiger partial charge in [-0.2, -0.15) is 0 Å². The van der Waals surface area contributed by atoms with Crippen LogP contribution in [0.3, 0.4) is 0 Å². The number of anilines is 1. The van der Waals surface area contributed by atoms with Gasteiger partial charge in [-0.05, 0) is 19.1 Å². The summed E-state index contributed by atoms with van der Waals surface area (Å²) in [5.74, 6) is 1.57. The predicted octanol–water partition coefficient (Wildman–Crippen LogP) is 0.707. The lowest BCUT2D eigenvalue weighted by molar-refractivity contribution is -0.664. The normalized spacial score (nSPS) is 19.7. The van der Waals surface area contributed by atoms with Crippen molar-refractivity contribution in [2.24, 2.45) is 5.92 Å². The fraction of sp³-hybridized carbons (Fsp3) is 0.611. The Kier molecular flexibility index (Phi) is 5.39. The first kappa shape index (κ1) is 16.1. The summed E-state index contributed by atoms with van der Waals surface area (Å²) in [6.07, 6.45) is 2.07. The summed E-state index contributed by atoms with van der Waals surface area (Å²) < 4.78 is 5.73. The minimum atomic E-state index is 0.252. The Hall–Kier alpha value is -1.75. The van der Waals surface area contributed by atoms with Gasteiger partial charge in [-0.15, -0.1) is 0 Å². The van der Waals surface area contributed by atoms with Gasteiger partial charge in [0, 0.05) is 44.9 Å². The number of carbonyl (C=O) groups excluding carboxylic acids is 1. The number of piperidine rings is 1. The zero-order valence-corrected chi connectivity index (χ0v) is 14.0. The number of quaternary nitrogens is 1. The summed E-state index contributed by atoms with van der Waals surface area (Å²) in [5.41, 5.74) is 1.15. The molecular weight excluding hydrogens is 290 g/mol. The summed E-state index contributed by atoms with van der Waals surface area (Å²) in [6.45, 7) is 8.28. The van der Waals surface area contributed by atoms with Crippen molar-refractivity contribution < 1.29 is 14.8 Å². The molecule has 2 fully saturated rings. The molecule has 0 radical (unpaired) electrons. The summed E-state index contributed by atoms with van der Waals surface area (Å²) in [4.78, 5) is 17.0. The zero-order valence-electron chi connectivity index (χ0n) is 14.0. The lowest BCUT2D eigenvalue weighted by Crippen LogP contribution is -2.86. The van der Waals surface area contributed by atoms with E-state index in [4.69, 9.17) is 4.74 Å². The van der Waals surface area contributed by atoms with E-state index in [1.807, 2.05) is 25.1 Å². The molecule has 0 aliphatic carbocycles. The second-order valence-electron chi connectivity index (χ2n) is 6.35. The van der Waals surface area contributed by atoms with Crippen molar-refractivity contribution in [1.82, 2.24) is 4.90 Å². The van der Waals surface area contributed by atoms with E-state index >= 15 is 0 Å². The molecule has 23 heavy (non-hydrogen) atoms. The molecule has 0 saturated carbocycles. The number of piperazine rings is 1. The molecule has 2 heterocycles. The van der Waals surface area contributed by atoms with Gasteiger partial charge in [0.25, 0.3) is 0 Å². The van der Waals surface area contributed by atoms with Crippen molar-refractivity contribution in [3.05, 3.63) is 24.3 Å². The third-order valence-corrected chi connectivity index (χ3v) is 4.88. The summed E-state index contributed by atoms with van der Waals surface area (Å²) >= 11 is 0. The minimum Gasteiger partial charge on any atom is -0.492 e. The highest BCUT2D eigenvalue weighted by Crippen LogP contribution is 2.29. The van der Waals surface area contributed by atoms with Crippen LogP contribution in [0.4, 0.5) is 5.69 Å². The zero-order chi connectivity index (χ0) is 16.1. The molecule has 0 atom stereocenters. The number of amides is 1. The monoisotopic (exact) mass is 318 g/mol. The van der Waals surface area contributed by atoms with E-state index in [1.165, 1.54) is 0 Å². The Morgan fingerprint density at radius 1 is 1.17 bits per heavy atom. The molecule has 1 aromatic rings. The van der Waals surface area contributed by atoms with E-state index in [2.05, 4.69) is 21.2 Å². The van der Waals surface area contributed by atoms with Crippen LogP contribution in [0.15, 0.2) is 24.3 Å². The SMILES string of the molecule is CCOc1ccccc1N1CCN(C(=O)C2CC[NH2+]CC2)CC1. The number of nitrogens with zero attached hydrogens (tertiary/aromatic N) is 2. The van der Waals surface area contributed by atoms with Gasteiger partial charge in [-0.3, -0.25) is 4.79 Å². The van der Waals surface area contributed by atoms with Crippen molar-refractivity contribution >= 4 is 11.6 Å². The first-order valence-corrected chi connectivity index (χ1v) is 8.87. The Morgan fingerprint density at radius 2 is 1.87 bits per heavy atom. The van der Waals surface area contributed by atoms with Crippen molar-refractivity contribution in [3.8, 4) is 5.75 Å². The van der Waals surface area contributed by atoms with E-state index < -0.39 is 0 Å². The van der Waals surface area contributed by atoms with Crippen molar-refractivity contribution in [2.45, 2.75) is 19.8 Å². The van der Waals surface area contributed by atoms with Gasteiger partial charge in [0.15, 0.2) is 0 Å². The van der Waals surface area contributed by atoms with Crippen molar-refractivity contribution in [2.75, 3.05) is 50.8 Å². The fourth-order valence-corrected chi connectivity index (χ4v) is 3.60. The largest absolute Gasteiger partial charge is 0.492 e. The molecule has 0 bridgehead atoms. The number of hydrogen-bond donors (Lipinski definition) is 1. The molecule has 1 amide bonds. The van der Waals surface area contributed by atoms with Crippen LogP contribution in [0.25, 0.3) is 0 Å². The molecule has 1 aromatic carbocycles. The lowest BCUT2D eigenvalue weighted by atomic mass is 9.96. The Morgan fingerprint density at radius 3 is 2.57 bits per heavy atom. The van der Waals surface area contributed by atoms with Gasteiger partial charge in [0.1, 0.15) is 5.75 Å². The quantitative estimate of drug-likeness (QED) is 0.889. The van der Waals surface area contributed by atoms with Gasteiger partial charge < -0.3 is 19.9 Å². The van der Waals surface area contributed by atoms with E-state index in [9.17, 15) is 4.79 Å². The molecule has 2 aliphatic heterocycles. The molecule has 3 rings (SSSR count). The van der Waals surface area contributed by atoms with Gasteiger partial charge in [0.2, 0.25) is 5.91 Å². The molecule has 0 unspecified atom stereocenters. The van der Waals surface area contributed by atoms with Crippen LogP contribution in [-0.4, -0.2) is 56.7 Å². The van der Waals surface area contributed by atoms with Crippen LogP contribution in [0, 0.1) is 5.92 Å². The Bertz CT molecular complexity index is 521. The molecule has 5 nitrogen and oxygen atoms in total. The van der Waals surface area contributed by atoms with E-state index in [0.717, 1.165) is 63.5 Å². The molecule has 2 saturated heterocycles. The first-order chi connectivity index (χ1) is 11.3. The second-order valence-corrected chi connectivity index (χ2v) is 6.35. The number of hydrogen-bond acceptors (Lipinski definition) is 3. The average molecular weight is 318 g/mol. The molecular formula is C18H28N3O2+.